The van der Waals surface area contributed by atoms with Crippen molar-refractivity contribution in [3.05, 3.63) is 47.3 Å². The molecule has 0 atom stereocenters. The Morgan fingerprint density at radius 3 is 3.05 bits per heavy atom. The van der Waals surface area contributed by atoms with Crippen LogP contribution in [-0.2, 0) is 6.54 Å². The lowest BCUT2D eigenvalue weighted by Crippen LogP contribution is -2.28. The summed E-state index contributed by atoms with van der Waals surface area (Å²) < 4.78 is 1.66. The van der Waals surface area contributed by atoms with Gasteiger partial charge in [0.25, 0.3) is 5.91 Å². The van der Waals surface area contributed by atoms with Crippen LogP contribution in [0.4, 0.5) is 0 Å². The van der Waals surface area contributed by atoms with Crippen LogP contribution in [0.3, 0.4) is 0 Å². The van der Waals surface area contributed by atoms with Gasteiger partial charge in [0.05, 0.1) is 24.8 Å². The minimum Gasteiger partial charge on any atom is -0.350 e. The van der Waals surface area contributed by atoms with Gasteiger partial charge in [-0.15, -0.1) is 5.10 Å². The molecule has 6 heteroatoms. The van der Waals surface area contributed by atoms with E-state index in [9.17, 15) is 4.79 Å². The van der Waals surface area contributed by atoms with Crippen LogP contribution in [0.15, 0.2) is 30.6 Å². The van der Waals surface area contributed by atoms with Crippen LogP contribution in [0, 0.1) is 18.8 Å². The zero-order valence-corrected chi connectivity index (χ0v) is 11.8. The first kappa shape index (κ1) is 14.8. The number of rotatable bonds is 4. The quantitative estimate of drug-likeness (QED) is 0.792. The van der Waals surface area contributed by atoms with E-state index in [4.69, 9.17) is 5.73 Å². The van der Waals surface area contributed by atoms with E-state index >= 15 is 0 Å². The fraction of sp³-hybridized carbons (Fsp3) is 0.267. The lowest BCUT2D eigenvalue weighted by molar-refractivity contribution is 0.0951. The van der Waals surface area contributed by atoms with Crippen molar-refractivity contribution in [3.63, 3.8) is 0 Å². The molecule has 0 saturated heterocycles. The predicted octanol–water partition coefficient (Wildman–Crippen LogP) is 0.327. The summed E-state index contributed by atoms with van der Waals surface area (Å²) in [6.07, 6.45) is 3.35. The lowest BCUT2D eigenvalue weighted by atomic mass is 10.0. The average molecular weight is 283 g/mol. The first-order valence-corrected chi connectivity index (χ1v) is 6.62. The summed E-state index contributed by atoms with van der Waals surface area (Å²) in [4.78, 5) is 12.3. The molecule has 0 spiro atoms. The normalized spacial score (nSPS) is 9.81. The smallest absolute Gasteiger partial charge is 0.252 e. The van der Waals surface area contributed by atoms with E-state index in [0.717, 1.165) is 5.56 Å². The maximum absolute atomic E-state index is 12.3. The van der Waals surface area contributed by atoms with Crippen molar-refractivity contribution in [2.75, 3.05) is 13.1 Å². The fourth-order valence-electron chi connectivity index (χ4n) is 1.83. The maximum atomic E-state index is 12.3. The third kappa shape index (κ3) is 4.16. The number of amides is 1. The number of benzene rings is 1. The molecule has 1 aromatic carbocycles. The number of nitrogens with two attached hydrogens (primary N) is 1. The van der Waals surface area contributed by atoms with Gasteiger partial charge in [0.2, 0.25) is 0 Å². The average Bonchev–Trinajstić information content (AvgIpc) is 2.99. The van der Waals surface area contributed by atoms with Crippen molar-refractivity contribution in [2.24, 2.45) is 5.73 Å². The van der Waals surface area contributed by atoms with Crippen LogP contribution in [0.5, 0.6) is 0 Å². The second kappa shape index (κ2) is 7.22. The second-order valence-electron chi connectivity index (χ2n) is 4.48. The summed E-state index contributed by atoms with van der Waals surface area (Å²) >= 11 is 0. The van der Waals surface area contributed by atoms with Gasteiger partial charge in [-0.2, -0.15) is 0 Å². The molecule has 3 N–H and O–H groups in total. The number of carbonyl (C=O) groups excluding carboxylic acids is 1. The minimum absolute atomic E-state index is 0.153. The summed E-state index contributed by atoms with van der Waals surface area (Å²) in [5.74, 6) is 5.54. The van der Waals surface area contributed by atoms with Crippen molar-refractivity contribution in [2.45, 2.75) is 13.5 Å². The van der Waals surface area contributed by atoms with Gasteiger partial charge in [0.15, 0.2) is 0 Å². The van der Waals surface area contributed by atoms with Crippen molar-refractivity contribution in [1.82, 2.24) is 20.3 Å². The van der Waals surface area contributed by atoms with E-state index in [1.54, 1.807) is 17.1 Å². The maximum Gasteiger partial charge on any atom is 0.252 e. The minimum atomic E-state index is -0.153. The van der Waals surface area contributed by atoms with Crippen molar-refractivity contribution in [1.29, 1.82) is 0 Å². The molecule has 1 heterocycles. The van der Waals surface area contributed by atoms with Crippen molar-refractivity contribution >= 4 is 5.91 Å². The molecule has 0 aliphatic heterocycles. The van der Waals surface area contributed by atoms with E-state index in [0.29, 0.717) is 24.2 Å². The Labute approximate surface area is 123 Å². The SMILES string of the molecule is Cc1ccc(C#CCN)c(C(=O)NCCn2ccnn2)c1. The Bertz CT molecular complexity index is 667. The highest BCUT2D eigenvalue weighted by Crippen LogP contribution is 2.10. The van der Waals surface area contributed by atoms with Crippen LogP contribution in [0.25, 0.3) is 0 Å². The van der Waals surface area contributed by atoms with Gasteiger partial charge in [-0.1, -0.05) is 28.7 Å². The van der Waals surface area contributed by atoms with Gasteiger partial charge >= 0.3 is 0 Å². The van der Waals surface area contributed by atoms with E-state index in [-0.39, 0.29) is 12.5 Å². The van der Waals surface area contributed by atoms with E-state index in [2.05, 4.69) is 27.5 Å². The highest BCUT2D eigenvalue weighted by Gasteiger charge is 2.10. The molecule has 0 fully saturated rings. The third-order valence-corrected chi connectivity index (χ3v) is 2.84. The van der Waals surface area contributed by atoms with E-state index < -0.39 is 0 Å². The van der Waals surface area contributed by atoms with Gasteiger partial charge in [0, 0.05) is 18.3 Å². The van der Waals surface area contributed by atoms with E-state index in [1.807, 2.05) is 25.1 Å². The van der Waals surface area contributed by atoms with Gasteiger partial charge in [-0.05, 0) is 19.1 Å². The molecule has 0 unspecified atom stereocenters. The van der Waals surface area contributed by atoms with Crippen LogP contribution >= 0.6 is 0 Å². The summed E-state index contributed by atoms with van der Waals surface area (Å²) in [6.45, 7) is 3.24. The van der Waals surface area contributed by atoms with Gasteiger partial charge in [-0.3, -0.25) is 9.48 Å². The molecule has 0 aliphatic rings. The predicted molar refractivity (Wildman–Crippen MR) is 79.5 cm³/mol. The van der Waals surface area contributed by atoms with E-state index in [1.165, 1.54) is 0 Å². The molecule has 1 aromatic heterocycles. The van der Waals surface area contributed by atoms with Gasteiger partial charge in [-0.25, -0.2) is 0 Å². The second-order valence-corrected chi connectivity index (χ2v) is 4.48. The largest absolute Gasteiger partial charge is 0.350 e. The Morgan fingerprint density at radius 2 is 2.33 bits per heavy atom. The first-order chi connectivity index (χ1) is 10.2. The van der Waals surface area contributed by atoms with Gasteiger partial charge in [0.1, 0.15) is 0 Å². The number of nitrogens with one attached hydrogen (secondary N) is 1. The molecular formula is C15H17N5O. The Hall–Kier alpha value is -2.65. The van der Waals surface area contributed by atoms with Crippen LogP contribution in [0.2, 0.25) is 0 Å². The third-order valence-electron chi connectivity index (χ3n) is 2.84. The zero-order chi connectivity index (χ0) is 15.1. The summed E-state index contributed by atoms with van der Waals surface area (Å²) in [5.41, 5.74) is 7.63. The van der Waals surface area contributed by atoms with Crippen molar-refractivity contribution in [3.8, 4) is 11.8 Å². The summed E-state index contributed by atoms with van der Waals surface area (Å²) in [5, 5.41) is 10.4. The first-order valence-electron chi connectivity index (χ1n) is 6.62. The standard InChI is InChI=1S/C15H17N5O/c1-12-4-5-13(3-2-6-16)14(11-12)15(21)17-7-9-20-10-8-18-19-20/h4-5,8,10-11H,6-7,9,16H2,1H3,(H,17,21). The summed E-state index contributed by atoms with van der Waals surface area (Å²) in [6, 6.07) is 5.59. The number of carbonyl (C=O) groups is 1. The highest BCUT2D eigenvalue weighted by molar-refractivity contribution is 5.96. The van der Waals surface area contributed by atoms with Crippen LogP contribution in [-0.4, -0.2) is 34.0 Å². The van der Waals surface area contributed by atoms with Gasteiger partial charge < -0.3 is 11.1 Å². The number of hydrogen-bond acceptors (Lipinski definition) is 4. The number of hydrogen-bond donors (Lipinski definition) is 2. The zero-order valence-electron chi connectivity index (χ0n) is 11.8. The molecule has 0 radical (unpaired) electrons. The lowest BCUT2D eigenvalue weighted by Gasteiger charge is -2.08. The molecule has 0 aliphatic carbocycles. The number of aromatic nitrogens is 3. The Morgan fingerprint density at radius 1 is 1.48 bits per heavy atom. The molecule has 6 nitrogen and oxygen atoms in total. The summed E-state index contributed by atoms with van der Waals surface area (Å²) in [7, 11) is 0. The Kier molecular flexibility index (Phi) is 5.07. The van der Waals surface area contributed by atoms with Crippen LogP contribution < -0.4 is 11.1 Å². The molecule has 21 heavy (non-hydrogen) atoms. The fourth-order valence-corrected chi connectivity index (χ4v) is 1.83. The molecule has 1 amide bonds. The van der Waals surface area contributed by atoms with Crippen LogP contribution in [0.1, 0.15) is 21.5 Å². The molecule has 108 valence electrons. The highest BCUT2D eigenvalue weighted by atomic mass is 16.1. The van der Waals surface area contributed by atoms with Crippen molar-refractivity contribution < 1.29 is 4.79 Å². The molecule has 2 rings (SSSR count). The Balaban J connectivity index is 2.05. The number of aryl methyl sites for hydroxylation is 1. The monoisotopic (exact) mass is 283 g/mol. The molecule has 0 bridgehead atoms. The molecular weight excluding hydrogens is 266 g/mol. The number of nitrogens with zero attached hydrogens (tertiary/aromatic N) is 3. The molecule has 0 saturated carbocycles. The topological polar surface area (TPSA) is 85.8 Å². The molecule has 2 aromatic rings.